The first-order valence-corrected chi connectivity index (χ1v) is 14.6. The molecule has 6 nitrogen and oxygen atoms in total. The van der Waals surface area contributed by atoms with Crippen molar-refractivity contribution in [1.29, 1.82) is 0 Å². The van der Waals surface area contributed by atoms with Crippen molar-refractivity contribution >= 4 is 11.9 Å². The van der Waals surface area contributed by atoms with Crippen molar-refractivity contribution in [2.45, 2.75) is 72.6 Å². The van der Waals surface area contributed by atoms with Crippen LogP contribution in [0, 0.1) is 20.8 Å². The number of aliphatic carboxylic acids is 1. The number of carboxylic acid groups (broad SMARTS) is 1. The minimum atomic E-state index is -4.47. The molecule has 232 valence electrons. The van der Waals surface area contributed by atoms with Crippen molar-refractivity contribution in [2.24, 2.45) is 0 Å². The molecule has 0 fully saturated rings. The zero-order valence-electron chi connectivity index (χ0n) is 25.7. The summed E-state index contributed by atoms with van der Waals surface area (Å²) in [5.74, 6) is 0.161. The van der Waals surface area contributed by atoms with Crippen LogP contribution in [0.3, 0.4) is 0 Å². The Bertz CT molecular complexity index is 1600. The molecule has 0 radical (unpaired) electrons. The largest absolute Gasteiger partial charge is 0.490 e. The summed E-state index contributed by atoms with van der Waals surface area (Å²) in [7, 11) is 0. The highest BCUT2D eigenvalue weighted by atomic mass is 19.4. The number of aromatic nitrogens is 2. The van der Waals surface area contributed by atoms with Crippen LogP contribution < -0.4 is 9.64 Å². The third kappa shape index (κ3) is 8.58. The maximum Gasteiger partial charge on any atom is 0.416 e. The van der Waals surface area contributed by atoms with Crippen molar-refractivity contribution < 1.29 is 27.8 Å². The Labute approximate surface area is 256 Å². The maximum absolute atomic E-state index is 13.7. The summed E-state index contributed by atoms with van der Waals surface area (Å²) >= 11 is 0. The van der Waals surface area contributed by atoms with Crippen LogP contribution in [0.15, 0.2) is 67.0 Å². The van der Waals surface area contributed by atoms with E-state index in [2.05, 4.69) is 67.1 Å². The van der Waals surface area contributed by atoms with Crippen LogP contribution in [0.4, 0.5) is 19.1 Å². The summed E-state index contributed by atoms with van der Waals surface area (Å²) in [6.07, 6.45) is -1.14. The van der Waals surface area contributed by atoms with Gasteiger partial charge in [0.15, 0.2) is 5.75 Å². The third-order valence-electron chi connectivity index (χ3n) is 7.38. The molecular formula is C35H38F3N3O3. The number of ether oxygens (including phenoxy) is 1. The molecule has 0 aliphatic rings. The van der Waals surface area contributed by atoms with Gasteiger partial charge in [-0.05, 0) is 78.6 Å². The third-order valence-corrected chi connectivity index (χ3v) is 7.38. The topological polar surface area (TPSA) is 75.6 Å². The van der Waals surface area contributed by atoms with Gasteiger partial charge in [-0.1, -0.05) is 67.4 Å². The summed E-state index contributed by atoms with van der Waals surface area (Å²) in [5, 5.41) is 8.84. The number of rotatable bonds is 12. The molecule has 0 spiro atoms. The molecule has 0 aliphatic heterocycles. The molecular weight excluding hydrogens is 567 g/mol. The molecule has 0 aliphatic carbocycles. The number of anilines is 1. The van der Waals surface area contributed by atoms with Crippen LogP contribution in [0.2, 0.25) is 0 Å². The van der Waals surface area contributed by atoms with E-state index in [1.807, 2.05) is 11.8 Å². The number of halogens is 3. The van der Waals surface area contributed by atoms with Gasteiger partial charge in [-0.2, -0.15) is 13.2 Å². The summed E-state index contributed by atoms with van der Waals surface area (Å²) in [4.78, 5) is 21.7. The number of hydrogen-bond donors (Lipinski definition) is 1. The molecule has 9 heteroatoms. The summed E-state index contributed by atoms with van der Waals surface area (Å²) in [6.45, 7) is 10.7. The Morgan fingerprint density at radius 3 is 2.30 bits per heavy atom. The van der Waals surface area contributed by atoms with Gasteiger partial charge in [0.1, 0.15) is 0 Å². The van der Waals surface area contributed by atoms with E-state index in [1.54, 1.807) is 13.0 Å². The normalized spacial score (nSPS) is 11.6. The lowest BCUT2D eigenvalue weighted by Gasteiger charge is -2.26. The molecule has 0 bridgehead atoms. The van der Waals surface area contributed by atoms with Crippen LogP contribution in [-0.4, -0.2) is 27.7 Å². The predicted molar refractivity (Wildman–Crippen MR) is 166 cm³/mol. The minimum absolute atomic E-state index is 0.0124. The van der Waals surface area contributed by atoms with Crippen molar-refractivity contribution in [2.75, 3.05) is 11.5 Å². The fraction of sp³-hybridized carbons (Fsp3) is 0.343. The average Bonchev–Trinajstić information content (AvgIpc) is 2.95. The van der Waals surface area contributed by atoms with Gasteiger partial charge in [0.25, 0.3) is 0 Å². The van der Waals surface area contributed by atoms with Crippen molar-refractivity contribution in [1.82, 2.24) is 9.97 Å². The number of carboxylic acids is 1. The number of benzene rings is 3. The lowest BCUT2D eigenvalue weighted by molar-refractivity contribution is -0.138. The minimum Gasteiger partial charge on any atom is -0.490 e. The molecule has 44 heavy (non-hydrogen) atoms. The summed E-state index contributed by atoms with van der Waals surface area (Å²) in [5.41, 5.74) is 6.84. The van der Waals surface area contributed by atoms with Crippen LogP contribution in [0.25, 0.3) is 11.1 Å². The first-order valence-electron chi connectivity index (χ1n) is 14.6. The van der Waals surface area contributed by atoms with Gasteiger partial charge in [-0.25, -0.2) is 9.97 Å². The second-order valence-corrected chi connectivity index (χ2v) is 11.5. The average molecular weight is 606 g/mol. The van der Waals surface area contributed by atoms with Crippen LogP contribution >= 0.6 is 0 Å². The molecule has 0 amide bonds. The highest BCUT2D eigenvalue weighted by Gasteiger charge is 2.31. The van der Waals surface area contributed by atoms with Gasteiger partial charge in [-0.15, -0.1) is 0 Å². The lowest BCUT2D eigenvalue weighted by Crippen LogP contribution is -2.25. The lowest BCUT2D eigenvalue weighted by atomic mass is 9.90. The van der Waals surface area contributed by atoms with E-state index in [0.717, 1.165) is 33.9 Å². The Balaban J connectivity index is 1.73. The Morgan fingerprint density at radius 1 is 0.909 bits per heavy atom. The highest BCUT2D eigenvalue weighted by Crippen LogP contribution is 2.34. The standard InChI is InChI=1S/C35H38F3N3O3/c1-22(2)27-10-9-25(5)32(17-27)31-11-8-23(3)14-28(31)21-41(20-26-13-24(4)15-29(16-26)35(36,37)38)34-39-18-30(19-40-34)44-12-6-7-33(42)43/h8-11,13-19,22H,6-7,12,20-21H2,1-5H3,(H,42,43). The van der Waals surface area contributed by atoms with Crippen molar-refractivity contribution in [3.63, 3.8) is 0 Å². The Morgan fingerprint density at radius 2 is 1.64 bits per heavy atom. The first kappa shape index (κ1) is 32.5. The fourth-order valence-electron chi connectivity index (χ4n) is 5.11. The summed E-state index contributed by atoms with van der Waals surface area (Å²) in [6, 6.07) is 16.8. The maximum atomic E-state index is 13.7. The molecule has 4 rings (SSSR count). The van der Waals surface area contributed by atoms with Crippen LogP contribution in [0.5, 0.6) is 5.75 Å². The predicted octanol–water partition coefficient (Wildman–Crippen LogP) is 8.66. The first-order chi connectivity index (χ1) is 20.8. The van der Waals surface area contributed by atoms with E-state index in [0.29, 0.717) is 41.7 Å². The highest BCUT2D eigenvalue weighted by molar-refractivity contribution is 5.72. The van der Waals surface area contributed by atoms with Crippen LogP contribution in [-0.2, 0) is 24.1 Å². The van der Waals surface area contributed by atoms with E-state index in [1.165, 1.54) is 24.0 Å². The zero-order valence-corrected chi connectivity index (χ0v) is 25.7. The Kier molecular flexibility index (Phi) is 10.3. The second kappa shape index (κ2) is 13.9. The molecule has 0 saturated carbocycles. The van der Waals surface area contributed by atoms with Crippen molar-refractivity contribution in [3.05, 3.63) is 106 Å². The van der Waals surface area contributed by atoms with Gasteiger partial charge in [0.05, 0.1) is 24.6 Å². The fourth-order valence-corrected chi connectivity index (χ4v) is 5.11. The zero-order chi connectivity index (χ0) is 32.0. The molecule has 1 heterocycles. The van der Waals surface area contributed by atoms with E-state index >= 15 is 0 Å². The number of hydrogen-bond acceptors (Lipinski definition) is 5. The van der Waals surface area contributed by atoms with E-state index in [9.17, 15) is 18.0 Å². The quantitative estimate of drug-likeness (QED) is 0.163. The SMILES string of the molecule is Cc1cc(CN(Cc2cc(C)ccc2-c2cc(C(C)C)ccc2C)c2ncc(OCCCC(=O)O)cn2)cc(C(F)(F)F)c1. The molecule has 0 unspecified atom stereocenters. The van der Waals surface area contributed by atoms with Gasteiger partial charge in [0, 0.05) is 19.5 Å². The van der Waals surface area contributed by atoms with Crippen LogP contribution in [0.1, 0.15) is 71.6 Å². The molecule has 4 aromatic rings. The summed E-state index contributed by atoms with van der Waals surface area (Å²) < 4.78 is 46.7. The molecule has 1 aromatic heterocycles. The van der Waals surface area contributed by atoms with E-state index in [4.69, 9.17) is 9.84 Å². The molecule has 0 saturated heterocycles. The Hall–Kier alpha value is -4.40. The van der Waals surface area contributed by atoms with Gasteiger partial charge >= 0.3 is 12.1 Å². The van der Waals surface area contributed by atoms with Gasteiger partial charge in [0.2, 0.25) is 5.95 Å². The number of carbonyl (C=O) groups is 1. The smallest absolute Gasteiger partial charge is 0.416 e. The molecule has 1 N–H and O–H groups in total. The van der Waals surface area contributed by atoms with Crippen molar-refractivity contribution in [3.8, 4) is 16.9 Å². The van der Waals surface area contributed by atoms with E-state index < -0.39 is 17.7 Å². The number of alkyl halides is 3. The van der Waals surface area contributed by atoms with E-state index in [-0.39, 0.29) is 19.6 Å². The van der Waals surface area contributed by atoms with Gasteiger partial charge in [-0.3, -0.25) is 4.79 Å². The molecule has 0 atom stereocenters. The van der Waals surface area contributed by atoms with Gasteiger partial charge < -0.3 is 14.7 Å². The monoisotopic (exact) mass is 605 g/mol. The molecule has 3 aromatic carbocycles. The second-order valence-electron chi connectivity index (χ2n) is 11.5. The number of aryl methyl sites for hydroxylation is 3. The number of nitrogens with zero attached hydrogens (tertiary/aromatic N) is 3.